The first-order valence-corrected chi connectivity index (χ1v) is 19.9. The van der Waals surface area contributed by atoms with Crippen LogP contribution < -0.4 is 5.32 Å². The predicted octanol–water partition coefficient (Wildman–Crippen LogP) is 12.0. The van der Waals surface area contributed by atoms with E-state index in [4.69, 9.17) is 0 Å². The minimum atomic E-state index is -0.909. The number of unbranched alkanes of at least 4 members (excludes halogenated alkanes) is 27. The maximum absolute atomic E-state index is 12.3. The van der Waals surface area contributed by atoms with E-state index in [2.05, 4.69) is 19.2 Å². The molecule has 0 saturated carbocycles. The van der Waals surface area contributed by atoms with Crippen LogP contribution in [0, 0.1) is 0 Å². The monoisotopic (exact) mass is 612 g/mol. The summed E-state index contributed by atoms with van der Waals surface area (Å²) in [5.41, 5.74) is 0. The third-order valence-electron chi connectivity index (χ3n) is 8.57. The number of hydrogen-bond donors (Lipinski definition) is 2. The molecule has 1 atom stereocenters. The van der Waals surface area contributed by atoms with Crippen molar-refractivity contribution in [3.63, 3.8) is 0 Å². The van der Waals surface area contributed by atoms with E-state index in [0.29, 0.717) is 12.2 Å². The quantitative estimate of drug-likeness (QED) is 0.0700. The van der Waals surface area contributed by atoms with Crippen LogP contribution in [-0.4, -0.2) is 34.5 Å². The highest BCUT2D eigenvalue weighted by Crippen LogP contribution is 2.16. The summed E-state index contributed by atoms with van der Waals surface area (Å²) >= 11 is 1.67. The van der Waals surface area contributed by atoms with Crippen molar-refractivity contribution in [2.24, 2.45) is 0 Å². The first kappa shape index (κ1) is 41.3. The molecule has 2 N–H and O–H groups in total. The first-order chi connectivity index (χ1) is 20.6. The Bertz CT molecular complexity index is 571. The van der Waals surface area contributed by atoms with Crippen LogP contribution in [0.5, 0.6) is 0 Å². The van der Waals surface area contributed by atoms with Gasteiger partial charge in [-0.25, -0.2) is 4.79 Å². The lowest BCUT2D eigenvalue weighted by Gasteiger charge is -2.14. The van der Waals surface area contributed by atoms with E-state index >= 15 is 0 Å². The molecule has 0 aliphatic carbocycles. The van der Waals surface area contributed by atoms with Gasteiger partial charge in [-0.2, -0.15) is 11.8 Å². The third-order valence-corrected chi connectivity index (χ3v) is 9.71. The molecular weight excluding hydrogens is 538 g/mol. The summed E-state index contributed by atoms with van der Waals surface area (Å²) in [4.78, 5) is 23.9. The van der Waals surface area contributed by atoms with Gasteiger partial charge in [0.05, 0.1) is 0 Å². The van der Waals surface area contributed by atoms with Crippen molar-refractivity contribution in [1.82, 2.24) is 5.32 Å². The SMILES string of the molecule is CCCCCCCCCCCCCCCCCCSC[C@H](NC(=O)CCCCCCCCCCCCCCC)C(=O)O. The average Bonchev–Trinajstić information content (AvgIpc) is 2.98. The zero-order valence-electron chi connectivity index (χ0n) is 28.4. The van der Waals surface area contributed by atoms with Crippen molar-refractivity contribution in [3.8, 4) is 0 Å². The van der Waals surface area contributed by atoms with Crippen LogP contribution in [-0.2, 0) is 9.59 Å². The second kappa shape index (κ2) is 34.8. The summed E-state index contributed by atoms with van der Waals surface area (Å²) < 4.78 is 0. The molecule has 42 heavy (non-hydrogen) atoms. The fourth-order valence-corrected chi connectivity index (χ4v) is 6.73. The fraction of sp³-hybridized carbons (Fsp3) is 0.946. The molecule has 0 spiro atoms. The van der Waals surface area contributed by atoms with Crippen molar-refractivity contribution in [1.29, 1.82) is 0 Å². The van der Waals surface area contributed by atoms with Crippen LogP contribution >= 0.6 is 11.8 Å². The summed E-state index contributed by atoms with van der Waals surface area (Å²) in [6.07, 6.45) is 38.9. The minimum absolute atomic E-state index is 0.103. The Kier molecular flexibility index (Phi) is 34.2. The van der Waals surface area contributed by atoms with Gasteiger partial charge in [-0.1, -0.05) is 187 Å². The molecule has 5 heteroatoms. The Morgan fingerprint density at radius 3 is 1.14 bits per heavy atom. The number of carbonyl (C=O) groups excluding carboxylic acids is 1. The van der Waals surface area contributed by atoms with E-state index in [9.17, 15) is 14.7 Å². The second-order valence-electron chi connectivity index (χ2n) is 12.8. The van der Waals surface area contributed by atoms with Gasteiger partial charge >= 0.3 is 5.97 Å². The average molecular weight is 612 g/mol. The molecule has 0 aliphatic rings. The lowest BCUT2D eigenvalue weighted by molar-refractivity contribution is -0.141. The molecule has 0 fully saturated rings. The Balaban J connectivity index is 3.49. The smallest absolute Gasteiger partial charge is 0.327 e. The molecule has 0 saturated heterocycles. The van der Waals surface area contributed by atoms with E-state index < -0.39 is 12.0 Å². The van der Waals surface area contributed by atoms with E-state index in [1.807, 2.05) is 0 Å². The summed E-state index contributed by atoms with van der Waals surface area (Å²) in [7, 11) is 0. The zero-order chi connectivity index (χ0) is 30.8. The van der Waals surface area contributed by atoms with Crippen LogP contribution in [0.4, 0.5) is 0 Å². The maximum Gasteiger partial charge on any atom is 0.327 e. The van der Waals surface area contributed by atoms with Gasteiger partial charge in [0.1, 0.15) is 6.04 Å². The largest absolute Gasteiger partial charge is 0.480 e. The van der Waals surface area contributed by atoms with E-state index in [0.717, 1.165) is 25.0 Å². The van der Waals surface area contributed by atoms with E-state index in [1.54, 1.807) is 11.8 Å². The predicted molar refractivity (Wildman–Crippen MR) is 187 cm³/mol. The third kappa shape index (κ3) is 32.2. The molecule has 250 valence electrons. The molecule has 0 rings (SSSR count). The standard InChI is InChI=1S/C37H73NO3S/c1-3-5-7-9-11-13-15-17-18-19-21-23-25-27-29-31-33-42-34-35(37(40)41)38-36(39)32-30-28-26-24-22-20-16-14-12-10-8-6-4-2/h35H,3-34H2,1-2H3,(H,38,39)(H,40,41)/t35-/m0/s1. The molecule has 0 aromatic rings. The normalized spacial score (nSPS) is 12.0. The van der Waals surface area contributed by atoms with Crippen molar-refractivity contribution in [2.45, 2.75) is 213 Å². The molecule has 0 bridgehead atoms. The number of nitrogens with one attached hydrogen (secondary N) is 1. The summed E-state index contributed by atoms with van der Waals surface area (Å²) in [6.45, 7) is 4.55. The molecule has 0 radical (unpaired) electrons. The number of thioether (sulfide) groups is 1. The number of carboxylic acids is 1. The van der Waals surface area contributed by atoms with Crippen molar-refractivity contribution >= 4 is 23.6 Å². The molecule has 0 heterocycles. The lowest BCUT2D eigenvalue weighted by atomic mass is 10.0. The Hall–Kier alpha value is -0.710. The second-order valence-corrected chi connectivity index (χ2v) is 14.0. The zero-order valence-corrected chi connectivity index (χ0v) is 29.2. The van der Waals surface area contributed by atoms with Crippen molar-refractivity contribution in [2.75, 3.05) is 11.5 Å². The Labute approximate surface area is 267 Å². The number of aliphatic carboxylic acids is 1. The van der Waals surface area contributed by atoms with Crippen molar-refractivity contribution in [3.05, 3.63) is 0 Å². The van der Waals surface area contributed by atoms with Gasteiger partial charge in [0.15, 0.2) is 0 Å². The number of amides is 1. The van der Waals surface area contributed by atoms with Crippen LogP contribution in [0.3, 0.4) is 0 Å². The maximum atomic E-state index is 12.3. The van der Waals surface area contributed by atoms with E-state index in [-0.39, 0.29) is 5.91 Å². The molecule has 0 aliphatic heterocycles. The molecule has 0 aromatic carbocycles. The molecule has 0 aromatic heterocycles. The van der Waals surface area contributed by atoms with Crippen molar-refractivity contribution < 1.29 is 14.7 Å². The molecule has 4 nitrogen and oxygen atoms in total. The van der Waals surface area contributed by atoms with Crippen LogP contribution in [0.2, 0.25) is 0 Å². The Morgan fingerprint density at radius 1 is 0.500 bits per heavy atom. The van der Waals surface area contributed by atoms with Gasteiger partial charge in [-0.15, -0.1) is 0 Å². The molecular formula is C37H73NO3S. The molecule has 1 amide bonds. The summed E-state index contributed by atoms with van der Waals surface area (Å²) in [6, 6.07) is -0.759. The Morgan fingerprint density at radius 2 is 0.810 bits per heavy atom. The highest BCUT2D eigenvalue weighted by molar-refractivity contribution is 7.99. The number of rotatable bonds is 35. The number of carbonyl (C=O) groups is 2. The van der Waals surface area contributed by atoms with Gasteiger partial charge in [-0.3, -0.25) is 4.79 Å². The van der Waals surface area contributed by atoms with Gasteiger partial charge in [-0.05, 0) is 18.6 Å². The highest BCUT2D eigenvalue weighted by atomic mass is 32.2. The van der Waals surface area contributed by atoms with Crippen LogP contribution in [0.1, 0.15) is 206 Å². The molecule has 0 unspecified atom stereocenters. The first-order valence-electron chi connectivity index (χ1n) is 18.7. The van der Waals surface area contributed by atoms with Crippen LogP contribution in [0.25, 0.3) is 0 Å². The minimum Gasteiger partial charge on any atom is -0.480 e. The number of carboxylic acid groups (broad SMARTS) is 1. The highest BCUT2D eigenvalue weighted by Gasteiger charge is 2.19. The summed E-state index contributed by atoms with van der Waals surface area (Å²) in [5.74, 6) is 0.441. The fourth-order valence-electron chi connectivity index (χ4n) is 5.70. The topological polar surface area (TPSA) is 66.4 Å². The number of hydrogen-bond acceptors (Lipinski definition) is 3. The summed E-state index contributed by atoms with van der Waals surface area (Å²) in [5, 5.41) is 12.3. The van der Waals surface area contributed by atoms with Gasteiger partial charge < -0.3 is 10.4 Å². The van der Waals surface area contributed by atoms with Gasteiger partial charge in [0.2, 0.25) is 5.91 Å². The van der Waals surface area contributed by atoms with Gasteiger partial charge in [0.25, 0.3) is 0 Å². The van der Waals surface area contributed by atoms with E-state index in [1.165, 1.54) is 167 Å². The van der Waals surface area contributed by atoms with Crippen LogP contribution in [0.15, 0.2) is 0 Å². The van der Waals surface area contributed by atoms with Gasteiger partial charge in [0, 0.05) is 12.2 Å². The lowest BCUT2D eigenvalue weighted by Crippen LogP contribution is -2.42.